The second-order valence-corrected chi connectivity index (χ2v) is 6.85. The van der Waals surface area contributed by atoms with Crippen molar-refractivity contribution in [2.24, 2.45) is 10.4 Å². The van der Waals surface area contributed by atoms with Gasteiger partial charge >= 0.3 is 0 Å². The number of nitrogens with one attached hydrogen (secondary N) is 2. The number of hydrogen-bond donors (Lipinski definition) is 2. The number of benzene rings is 1. The number of guanidine groups is 1. The van der Waals surface area contributed by atoms with E-state index >= 15 is 0 Å². The van der Waals surface area contributed by atoms with Crippen LogP contribution in [0.2, 0.25) is 0 Å². The first-order valence-electron chi connectivity index (χ1n) is 9.23. The Labute approximate surface area is 147 Å². The molecular formula is C20H33N3O. The fraction of sp³-hybridized carbons (Fsp3) is 0.650. The van der Waals surface area contributed by atoms with Crippen molar-refractivity contribution in [2.45, 2.75) is 52.0 Å². The van der Waals surface area contributed by atoms with Crippen LogP contribution in [0.25, 0.3) is 0 Å². The van der Waals surface area contributed by atoms with Crippen molar-refractivity contribution < 1.29 is 4.74 Å². The third-order valence-electron chi connectivity index (χ3n) is 5.30. The van der Waals surface area contributed by atoms with Crippen LogP contribution >= 0.6 is 0 Å². The van der Waals surface area contributed by atoms with E-state index in [0.717, 1.165) is 38.5 Å². The lowest BCUT2D eigenvalue weighted by atomic mass is 9.83. The van der Waals surface area contributed by atoms with Crippen LogP contribution in [0.3, 0.4) is 0 Å². The van der Waals surface area contributed by atoms with E-state index < -0.39 is 0 Å². The van der Waals surface area contributed by atoms with Gasteiger partial charge in [-0.05, 0) is 42.2 Å². The highest BCUT2D eigenvalue weighted by atomic mass is 16.5. The number of ether oxygens (including phenoxy) is 1. The van der Waals surface area contributed by atoms with Gasteiger partial charge in [-0.3, -0.25) is 4.99 Å². The van der Waals surface area contributed by atoms with E-state index in [9.17, 15) is 0 Å². The first kappa shape index (κ1) is 18.8. The van der Waals surface area contributed by atoms with E-state index in [2.05, 4.69) is 46.8 Å². The van der Waals surface area contributed by atoms with Crippen LogP contribution in [-0.2, 0) is 17.7 Å². The molecule has 0 spiro atoms. The molecule has 0 aromatic heterocycles. The molecule has 0 unspecified atom stereocenters. The van der Waals surface area contributed by atoms with Crippen LogP contribution in [-0.4, -0.2) is 33.3 Å². The van der Waals surface area contributed by atoms with E-state index in [-0.39, 0.29) is 0 Å². The van der Waals surface area contributed by atoms with Crippen molar-refractivity contribution >= 4 is 5.96 Å². The summed E-state index contributed by atoms with van der Waals surface area (Å²) < 4.78 is 5.32. The first-order valence-corrected chi connectivity index (χ1v) is 9.23. The first-order chi connectivity index (χ1) is 11.7. The Hall–Kier alpha value is -1.55. The molecule has 0 saturated heterocycles. The molecule has 0 atom stereocenters. The summed E-state index contributed by atoms with van der Waals surface area (Å²) in [5.74, 6) is 0.893. The van der Waals surface area contributed by atoms with Gasteiger partial charge in [-0.15, -0.1) is 0 Å². The highest BCUT2D eigenvalue weighted by molar-refractivity contribution is 5.79. The molecule has 2 N–H and O–H groups in total. The normalized spacial score (nSPS) is 17.0. The smallest absolute Gasteiger partial charge is 0.191 e. The number of aryl methyl sites for hydroxylation is 1. The van der Waals surface area contributed by atoms with E-state index in [0.29, 0.717) is 5.41 Å². The quantitative estimate of drug-likeness (QED) is 0.566. The lowest BCUT2D eigenvalue weighted by Crippen LogP contribution is -2.43. The lowest BCUT2D eigenvalue weighted by Gasteiger charge is -2.30. The molecule has 1 aromatic rings. The predicted molar refractivity (Wildman–Crippen MR) is 101 cm³/mol. The van der Waals surface area contributed by atoms with Gasteiger partial charge in [0.25, 0.3) is 0 Å². The maximum absolute atomic E-state index is 5.32. The highest BCUT2D eigenvalue weighted by Gasteiger charge is 2.33. The standard InChI is InChI=1S/C20H33N3O/c1-4-17-9-5-6-10-18(17)15-22-19(21-2)23-16-20(13-14-24-3)11-7-8-12-20/h5-6,9-10H,4,7-8,11-16H2,1-3H3,(H2,21,22,23). The van der Waals surface area contributed by atoms with Gasteiger partial charge in [-0.2, -0.15) is 0 Å². The third-order valence-corrected chi connectivity index (χ3v) is 5.30. The summed E-state index contributed by atoms with van der Waals surface area (Å²) in [6.45, 7) is 4.84. The molecule has 0 heterocycles. The van der Waals surface area contributed by atoms with Gasteiger partial charge in [-0.25, -0.2) is 0 Å². The molecular weight excluding hydrogens is 298 g/mol. The van der Waals surface area contributed by atoms with Crippen molar-refractivity contribution in [3.63, 3.8) is 0 Å². The van der Waals surface area contributed by atoms with Crippen LogP contribution in [0.4, 0.5) is 0 Å². The van der Waals surface area contributed by atoms with E-state index in [1.165, 1.54) is 36.8 Å². The zero-order valence-electron chi connectivity index (χ0n) is 15.5. The van der Waals surface area contributed by atoms with Crippen LogP contribution in [0.15, 0.2) is 29.3 Å². The topological polar surface area (TPSA) is 45.7 Å². The largest absolute Gasteiger partial charge is 0.385 e. The number of methoxy groups -OCH3 is 1. The predicted octanol–water partition coefficient (Wildman–Crippen LogP) is 3.51. The molecule has 2 rings (SSSR count). The molecule has 4 nitrogen and oxygen atoms in total. The summed E-state index contributed by atoms with van der Waals surface area (Å²) in [6, 6.07) is 8.60. The molecule has 1 fully saturated rings. The molecule has 0 bridgehead atoms. The average molecular weight is 332 g/mol. The Morgan fingerprint density at radius 1 is 1.17 bits per heavy atom. The Balaban J connectivity index is 1.87. The minimum absolute atomic E-state index is 0.370. The number of rotatable bonds is 8. The van der Waals surface area contributed by atoms with Gasteiger partial charge < -0.3 is 15.4 Å². The fourth-order valence-corrected chi connectivity index (χ4v) is 3.70. The Bertz CT molecular complexity index is 521. The van der Waals surface area contributed by atoms with Crippen molar-refractivity contribution in [1.29, 1.82) is 0 Å². The zero-order chi connectivity index (χ0) is 17.3. The molecule has 1 aliphatic rings. The van der Waals surface area contributed by atoms with Gasteiger partial charge in [0, 0.05) is 33.9 Å². The molecule has 134 valence electrons. The summed E-state index contributed by atoms with van der Waals surface area (Å²) in [7, 11) is 3.64. The Kier molecular flexibility index (Phi) is 7.57. The van der Waals surface area contributed by atoms with Crippen LogP contribution in [0.5, 0.6) is 0 Å². The van der Waals surface area contributed by atoms with Gasteiger partial charge in [0.05, 0.1) is 0 Å². The van der Waals surface area contributed by atoms with Crippen LogP contribution < -0.4 is 10.6 Å². The van der Waals surface area contributed by atoms with Crippen molar-refractivity contribution in [3.8, 4) is 0 Å². The van der Waals surface area contributed by atoms with Gasteiger partial charge in [-0.1, -0.05) is 44.0 Å². The van der Waals surface area contributed by atoms with Crippen LogP contribution in [0, 0.1) is 5.41 Å². The van der Waals surface area contributed by atoms with E-state index in [1.54, 1.807) is 7.11 Å². The van der Waals surface area contributed by atoms with Crippen molar-refractivity contribution in [2.75, 3.05) is 27.3 Å². The minimum atomic E-state index is 0.370. The van der Waals surface area contributed by atoms with Crippen molar-refractivity contribution in [1.82, 2.24) is 10.6 Å². The maximum Gasteiger partial charge on any atom is 0.191 e. The zero-order valence-corrected chi connectivity index (χ0v) is 15.5. The number of nitrogens with zero attached hydrogens (tertiary/aromatic N) is 1. The van der Waals surface area contributed by atoms with Crippen LogP contribution in [0.1, 0.15) is 50.2 Å². The molecule has 0 aliphatic heterocycles. The highest BCUT2D eigenvalue weighted by Crippen LogP contribution is 2.40. The molecule has 1 aliphatic carbocycles. The molecule has 4 heteroatoms. The minimum Gasteiger partial charge on any atom is -0.385 e. The number of hydrogen-bond acceptors (Lipinski definition) is 2. The maximum atomic E-state index is 5.32. The Morgan fingerprint density at radius 2 is 1.88 bits per heavy atom. The summed E-state index contributed by atoms with van der Waals surface area (Å²) in [5, 5.41) is 7.02. The number of aliphatic imine (C=N–C) groups is 1. The summed E-state index contributed by atoms with van der Waals surface area (Å²) >= 11 is 0. The molecule has 0 amide bonds. The molecule has 1 aromatic carbocycles. The van der Waals surface area contributed by atoms with E-state index in [1.807, 2.05) is 7.05 Å². The van der Waals surface area contributed by atoms with Gasteiger partial charge in [0.15, 0.2) is 5.96 Å². The fourth-order valence-electron chi connectivity index (χ4n) is 3.70. The Morgan fingerprint density at radius 3 is 2.50 bits per heavy atom. The molecule has 0 radical (unpaired) electrons. The summed E-state index contributed by atoms with van der Waals surface area (Å²) in [4.78, 5) is 4.39. The van der Waals surface area contributed by atoms with Gasteiger partial charge in [0.2, 0.25) is 0 Å². The molecule has 1 saturated carbocycles. The summed E-state index contributed by atoms with van der Waals surface area (Å²) in [6.07, 6.45) is 7.44. The summed E-state index contributed by atoms with van der Waals surface area (Å²) in [5.41, 5.74) is 3.11. The second-order valence-electron chi connectivity index (χ2n) is 6.85. The van der Waals surface area contributed by atoms with E-state index in [4.69, 9.17) is 4.74 Å². The SMILES string of the molecule is CCc1ccccc1CNC(=NC)NCC1(CCOC)CCCC1. The molecule has 24 heavy (non-hydrogen) atoms. The van der Waals surface area contributed by atoms with Gasteiger partial charge in [0.1, 0.15) is 0 Å². The third kappa shape index (κ3) is 5.23. The lowest BCUT2D eigenvalue weighted by molar-refractivity contribution is 0.138. The van der Waals surface area contributed by atoms with Crippen molar-refractivity contribution in [3.05, 3.63) is 35.4 Å². The second kappa shape index (κ2) is 9.67. The monoisotopic (exact) mass is 331 g/mol. The average Bonchev–Trinajstić information content (AvgIpc) is 3.09.